The number of urea groups is 1. The first kappa shape index (κ1) is 9.15. The third-order valence-electron chi connectivity index (χ3n) is 2.17. The molecular formula is C9H9ClN2O2. The summed E-state index contributed by atoms with van der Waals surface area (Å²) in [5, 5.41) is 15.2. The molecule has 5 heteroatoms. The maximum atomic E-state index is 10.9. The molecule has 0 bridgehead atoms. The highest BCUT2D eigenvalue weighted by Gasteiger charge is 2.24. The summed E-state index contributed by atoms with van der Waals surface area (Å²) in [6.45, 7) is 0.465. The van der Waals surface area contributed by atoms with Crippen LogP contribution in [0, 0.1) is 0 Å². The normalized spacial score (nSPS) is 20.4. The molecule has 1 aromatic rings. The van der Waals surface area contributed by atoms with E-state index in [1.165, 1.54) is 0 Å². The number of rotatable bonds is 1. The summed E-state index contributed by atoms with van der Waals surface area (Å²) in [4.78, 5) is 10.9. The molecule has 1 heterocycles. The van der Waals surface area contributed by atoms with Crippen molar-refractivity contribution in [2.45, 2.75) is 6.04 Å². The standard InChI is InChI=1S/C9H9ClN2O2/c10-6-3-1-2-5(8(6)13)7-4-11-9(14)12-7/h1-3,7,13H,4H2,(H2,11,12,14)/t7-/m1/s1. The Balaban J connectivity index is 2.32. The predicted molar refractivity (Wildman–Crippen MR) is 52.4 cm³/mol. The lowest BCUT2D eigenvalue weighted by Gasteiger charge is -2.11. The van der Waals surface area contributed by atoms with E-state index in [2.05, 4.69) is 10.6 Å². The van der Waals surface area contributed by atoms with Crippen molar-refractivity contribution < 1.29 is 9.90 Å². The SMILES string of the molecule is O=C1NC[C@H](c2cccc(Cl)c2O)N1. The van der Waals surface area contributed by atoms with Gasteiger partial charge in [-0.2, -0.15) is 0 Å². The summed E-state index contributed by atoms with van der Waals surface area (Å²) in [6.07, 6.45) is 0. The van der Waals surface area contributed by atoms with Gasteiger partial charge in [-0.25, -0.2) is 4.79 Å². The molecule has 1 aliphatic rings. The number of para-hydroxylation sites is 1. The lowest BCUT2D eigenvalue weighted by atomic mass is 10.1. The number of benzene rings is 1. The van der Waals surface area contributed by atoms with Crippen molar-refractivity contribution in [2.75, 3.05) is 6.54 Å². The molecule has 4 nitrogen and oxygen atoms in total. The molecule has 74 valence electrons. The first-order valence-electron chi connectivity index (χ1n) is 4.20. The van der Waals surface area contributed by atoms with Gasteiger partial charge >= 0.3 is 6.03 Å². The molecule has 2 rings (SSSR count). The number of amides is 2. The van der Waals surface area contributed by atoms with Crippen LogP contribution in [-0.2, 0) is 0 Å². The highest BCUT2D eigenvalue weighted by atomic mass is 35.5. The number of aromatic hydroxyl groups is 1. The lowest BCUT2D eigenvalue weighted by Crippen LogP contribution is -2.21. The van der Waals surface area contributed by atoms with Gasteiger partial charge in [0.05, 0.1) is 11.1 Å². The molecule has 1 atom stereocenters. The zero-order valence-electron chi connectivity index (χ0n) is 7.25. The third kappa shape index (κ3) is 1.48. The first-order chi connectivity index (χ1) is 6.68. The highest BCUT2D eigenvalue weighted by Crippen LogP contribution is 2.31. The Hall–Kier alpha value is -1.42. The van der Waals surface area contributed by atoms with Gasteiger partial charge < -0.3 is 15.7 Å². The molecule has 0 spiro atoms. The second-order valence-electron chi connectivity index (χ2n) is 3.08. The summed E-state index contributed by atoms with van der Waals surface area (Å²) < 4.78 is 0. The molecule has 0 aliphatic carbocycles. The minimum atomic E-state index is -0.227. The number of carbonyl (C=O) groups is 1. The van der Waals surface area contributed by atoms with Crippen molar-refractivity contribution in [1.82, 2.24) is 10.6 Å². The van der Waals surface area contributed by atoms with Gasteiger partial charge in [-0.05, 0) is 6.07 Å². The molecule has 0 aromatic heterocycles. The fourth-order valence-corrected chi connectivity index (χ4v) is 1.64. The van der Waals surface area contributed by atoms with Crippen LogP contribution in [0.2, 0.25) is 5.02 Å². The Morgan fingerprint density at radius 3 is 2.93 bits per heavy atom. The van der Waals surface area contributed by atoms with Crippen LogP contribution in [0.1, 0.15) is 11.6 Å². The number of phenolic OH excluding ortho intramolecular Hbond substituents is 1. The van der Waals surface area contributed by atoms with Gasteiger partial charge in [0.2, 0.25) is 0 Å². The van der Waals surface area contributed by atoms with Crippen LogP contribution in [0.4, 0.5) is 4.79 Å². The van der Waals surface area contributed by atoms with Crippen LogP contribution in [-0.4, -0.2) is 17.7 Å². The molecule has 0 radical (unpaired) electrons. The van der Waals surface area contributed by atoms with Crippen LogP contribution in [0.25, 0.3) is 0 Å². The summed E-state index contributed by atoms with van der Waals surface area (Å²) in [5.41, 5.74) is 0.635. The maximum absolute atomic E-state index is 10.9. The fraction of sp³-hybridized carbons (Fsp3) is 0.222. The van der Waals surface area contributed by atoms with Crippen LogP contribution in [0.3, 0.4) is 0 Å². The number of phenols is 1. The van der Waals surface area contributed by atoms with E-state index in [1.54, 1.807) is 18.2 Å². The van der Waals surface area contributed by atoms with Gasteiger partial charge in [-0.1, -0.05) is 23.7 Å². The van der Waals surface area contributed by atoms with Crippen LogP contribution in [0.5, 0.6) is 5.75 Å². The van der Waals surface area contributed by atoms with Crippen LogP contribution in [0.15, 0.2) is 18.2 Å². The number of hydrogen-bond donors (Lipinski definition) is 3. The average Bonchev–Trinajstić information content (AvgIpc) is 2.57. The van der Waals surface area contributed by atoms with E-state index in [9.17, 15) is 9.90 Å². The van der Waals surface area contributed by atoms with Crippen molar-refractivity contribution in [3.05, 3.63) is 28.8 Å². The van der Waals surface area contributed by atoms with E-state index < -0.39 is 0 Å². The number of hydrogen-bond acceptors (Lipinski definition) is 2. The van der Waals surface area contributed by atoms with E-state index in [0.29, 0.717) is 17.1 Å². The van der Waals surface area contributed by atoms with E-state index in [4.69, 9.17) is 11.6 Å². The van der Waals surface area contributed by atoms with Gasteiger partial charge in [0.25, 0.3) is 0 Å². The quantitative estimate of drug-likeness (QED) is 0.659. The van der Waals surface area contributed by atoms with Crippen molar-refractivity contribution in [3.63, 3.8) is 0 Å². The molecule has 14 heavy (non-hydrogen) atoms. The van der Waals surface area contributed by atoms with E-state index in [-0.39, 0.29) is 17.8 Å². The molecule has 2 amide bonds. The summed E-state index contributed by atoms with van der Waals surface area (Å²) in [5.74, 6) is 0.0307. The molecule has 0 saturated carbocycles. The number of halogens is 1. The highest BCUT2D eigenvalue weighted by molar-refractivity contribution is 6.32. The largest absolute Gasteiger partial charge is 0.506 e. The van der Waals surface area contributed by atoms with Crippen LogP contribution >= 0.6 is 11.6 Å². The Morgan fingerprint density at radius 2 is 2.29 bits per heavy atom. The van der Waals surface area contributed by atoms with E-state index >= 15 is 0 Å². The van der Waals surface area contributed by atoms with Gasteiger partial charge in [0.1, 0.15) is 5.75 Å². The molecule has 1 aliphatic heterocycles. The van der Waals surface area contributed by atoms with Crippen LogP contribution < -0.4 is 10.6 Å². The summed E-state index contributed by atoms with van der Waals surface area (Å²) in [7, 11) is 0. The van der Waals surface area contributed by atoms with Crippen molar-refractivity contribution in [2.24, 2.45) is 0 Å². The van der Waals surface area contributed by atoms with Crippen molar-refractivity contribution >= 4 is 17.6 Å². The fourth-order valence-electron chi connectivity index (χ4n) is 1.46. The Kier molecular flexibility index (Phi) is 2.21. The second-order valence-corrected chi connectivity index (χ2v) is 3.49. The topological polar surface area (TPSA) is 61.4 Å². The number of carbonyl (C=O) groups excluding carboxylic acids is 1. The molecule has 0 unspecified atom stereocenters. The smallest absolute Gasteiger partial charge is 0.315 e. The average molecular weight is 213 g/mol. The minimum absolute atomic E-state index is 0.0307. The Morgan fingerprint density at radius 1 is 1.50 bits per heavy atom. The molecule has 3 N–H and O–H groups in total. The van der Waals surface area contributed by atoms with Gasteiger partial charge in [0, 0.05) is 12.1 Å². The van der Waals surface area contributed by atoms with E-state index in [1.807, 2.05) is 0 Å². The Bertz CT molecular complexity index is 381. The zero-order chi connectivity index (χ0) is 10.1. The second kappa shape index (κ2) is 3.38. The molecule has 1 saturated heterocycles. The molecule has 1 aromatic carbocycles. The van der Waals surface area contributed by atoms with Gasteiger partial charge in [-0.15, -0.1) is 0 Å². The first-order valence-corrected chi connectivity index (χ1v) is 4.58. The predicted octanol–water partition coefficient (Wildman–Crippen LogP) is 1.40. The summed E-state index contributed by atoms with van der Waals surface area (Å²) >= 11 is 5.75. The number of nitrogens with one attached hydrogen (secondary N) is 2. The van der Waals surface area contributed by atoms with Gasteiger partial charge in [-0.3, -0.25) is 0 Å². The maximum Gasteiger partial charge on any atom is 0.315 e. The molecular weight excluding hydrogens is 204 g/mol. The monoisotopic (exact) mass is 212 g/mol. The molecule has 1 fully saturated rings. The lowest BCUT2D eigenvalue weighted by molar-refractivity contribution is 0.247. The van der Waals surface area contributed by atoms with Crippen molar-refractivity contribution in [3.8, 4) is 5.75 Å². The third-order valence-corrected chi connectivity index (χ3v) is 2.47. The Labute approximate surface area is 85.9 Å². The zero-order valence-corrected chi connectivity index (χ0v) is 8.01. The van der Waals surface area contributed by atoms with E-state index in [0.717, 1.165) is 0 Å². The van der Waals surface area contributed by atoms with Crippen molar-refractivity contribution in [1.29, 1.82) is 0 Å². The minimum Gasteiger partial charge on any atom is -0.506 e. The van der Waals surface area contributed by atoms with Gasteiger partial charge in [0.15, 0.2) is 0 Å². The summed E-state index contributed by atoms with van der Waals surface area (Å²) in [6, 6.07) is 4.64.